The van der Waals surface area contributed by atoms with Crippen LogP contribution in [0.15, 0.2) is 0 Å². The zero-order valence-electron chi connectivity index (χ0n) is 10.5. The Hall–Kier alpha value is -0.650. The van der Waals surface area contributed by atoms with Crippen LogP contribution in [0, 0.1) is 0 Å². The largest absolute Gasteiger partial charge is 0.380 e. The molecule has 2 N–H and O–H groups in total. The van der Waals surface area contributed by atoms with Crippen molar-refractivity contribution < 1.29 is 9.53 Å². The van der Waals surface area contributed by atoms with Crippen LogP contribution in [-0.4, -0.2) is 63.8 Å². The van der Waals surface area contributed by atoms with Crippen molar-refractivity contribution in [3.63, 3.8) is 0 Å². The minimum Gasteiger partial charge on any atom is -0.380 e. The van der Waals surface area contributed by atoms with Crippen LogP contribution >= 0.6 is 0 Å². The summed E-state index contributed by atoms with van der Waals surface area (Å²) in [6, 6.07) is -0.0652. The van der Waals surface area contributed by atoms with Gasteiger partial charge in [-0.3, -0.25) is 4.79 Å². The van der Waals surface area contributed by atoms with Crippen molar-refractivity contribution >= 4 is 5.91 Å². The molecule has 0 aromatic rings. The molecule has 16 heavy (non-hydrogen) atoms. The molecule has 1 amide bonds. The van der Waals surface area contributed by atoms with Crippen LogP contribution in [0.2, 0.25) is 0 Å². The van der Waals surface area contributed by atoms with Crippen LogP contribution in [0.25, 0.3) is 0 Å². The third kappa shape index (κ3) is 3.73. The van der Waals surface area contributed by atoms with Gasteiger partial charge < -0.3 is 20.3 Å². The third-order valence-corrected chi connectivity index (χ3v) is 3.02. The Kier molecular flexibility index (Phi) is 5.73. The second-order valence-corrected chi connectivity index (χ2v) is 4.27. The maximum absolute atomic E-state index is 12.0. The molecule has 0 bridgehead atoms. The molecule has 0 aromatic heterocycles. The van der Waals surface area contributed by atoms with Gasteiger partial charge in [-0.15, -0.1) is 0 Å². The summed E-state index contributed by atoms with van der Waals surface area (Å²) in [4.78, 5) is 13.8. The van der Waals surface area contributed by atoms with Crippen LogP contribution in [0.5, 0.6) is 0 Å². The van der Waals surface area contributed by atoms with Gasteiger partial charge in [0.1, 0.15) is 0 Å². The summed E-state index contributed by atoms with van der Waals surface area (Å²) in [5, 5.41) is 6.27. The fourth-order valence-corrected chi connectivity index (χ4v) is 1.94. The molecular weight excluding hydrogens is 206 g/mol. The van der Waals surface area contributed by atoms with E-state index in [1.165, 1.54) is 0 Å². The van der Waals surface area contributed by atoms with Gasteiger partial charge in [-0.1, -0.05) is 0 Å². The Morgan fingerprint density at radius 2 is 2.38 bits per heavy atom. The number of nitrogens with one attached hydrogen (secondary N) is 2. The van der Waals surface area contributed by atoms with Gasteiger partial charge in [0.25, 0.3) is 0 Å². The summed E-state index contributed by atoms with van der Waals surface area (Å²) in [5.41, 5.74) is 0. The topological polar surface area (TPSA) is 53.6 Å². The molecule has 1 rings (SSSR count). The SMILES string of the molecule is CNCCCN(C)C(=O)C1CC(OC)CN1. The molecule has 0 spiro atoms. The summed E-state index contributed by atoms with van der Waals surface area (Å²) in [6.45, 7) is 2.52. The molecule has 94 valence electrons. The normalized spacial score (nSPS) is 24.7. The predicted molar refractivity (Wildman–Crippen MR) is 63.4 cm³/mol. The summed E-state index contributed by atoms with van der Waals surface area (Å²) in [7, 11) is 5.47. The fraction of sp³-hybridized carbons (Fsp3) is 0.909. The van der Waals surface area contributed by atoms with E-state index >= 15 is 0 Å². The van der Waals surface area contributed by atoms with E-state index in [2.05, 4.69) is 10.6 Å². The first-order valence-electron chi connectivity index (χ1n) is 5.84. The van der Waals surface area contributed by atoms with E-state index in [9.17, 15) is 4.79 Å². The molecule has 1 aliphatic heterocycles. The van der Waals surface area contributed by atoms with Gasteiger partial charge in [-0.25, -0.2) is 0 Å². The summed E-state index contributed by atoms with van der Waals surface area (Å²) in [5.74, 6) is 0.177. The third-order valence-electron chi connectivity index (χ3n) is 3.02. The Morgan fingerprint density at radius 3 is 2.94 bits per heavy atom. The van der Waals surface area contributed by atoms with Gasteiger partial charge >= 0.3 is 0 Å². The summed E-state index contributed by atoms with van der Waals surface area (Å²) in [6.07, 6.45) is 1.95. The number of hydrogen-bond acceptors (Lipinski definition) is 4. The number of hydrogen-bond donors (Lipinski definition) is 2. The zero-order valence-corrected chi connectivity index (χ0v) is 10.5. The maximum Gasteiger partial charge on any atom is 0.239 e. The molecule has 5 nitrogen and oxygen atoms in total. The fourth-order valence-electron chi connectivity index (χ4n) is 1.94. The first-order valence-corrected chi connectivity index (χ1v) is 5.84. The van der Waals surface area contributed by atoms with Crippen molar-refractivity contribution in [2.24, 2.45) is 0 Å². The average Bonchev–Trinajstić information content (AvgIpc) is 2.76. The lowest BCUT2D eigenvalue weighted by Gasteiger charge is -2.21. The van der Waals surface area contributed by atoms with Gasteiger partial charge in [0.2, 0.25) is 5.91 Å². The van der Waals surface area contributed by atoms with Crippen LogP contribution in [0.4, 0.5) is 0 Å². The standard InChI is InChI=1S/C11H23N3O2/c1-12-5-4-6-14(2)11(15)10-7-9(16-3)8-13-10/h9-10,12-13H,4-8H2,1-3H3. The summed E-state index contributed by atoms with van der Waals surface area (Å²) < 4.78 is 5.23. The van der Waals surface area contributed by atoms with E-state index in [4.69, 9.17) is 4.74 Å². The van der Waals surface area contributed by atoms with Gasteiger partial charge in [-0.2, -0.15) is 0 Å². The molecule has 5 heteroatoms. The van der Waals surface area contributed by atoms with Crippen LogP contribution in [-0.2, 0) is 9.53 Å². The maximum atomic E-state index is 12.0. The molecule has 0 aliphatic carbocycles. The van der Waals surface area contributed by atoms with E-state index in [0.29, 0.717) is 0 Å². The van der Waals surface area contributed by atoms with Crippen LogP contribution in [0.1, 0.15) is 12.8 Å². The number of methoxy groups -OCH3 is 1. The lowest BCUT2D eigenvalue weighted by molar-refractivity contribution is -0.132. The zero-order chi connectivity index (χ0) is 12.0. The lowest BCUT2D eigenvalue weighted by atomic mass is 10.2. The monoisotopic (exact) mass is 229 g/mol. The number of amides is 1. The molecule has 0 aromatic carbocycles. The van der Waals surface area contributed by atoms with E-state index < -0.39 is 0 Å². The molecule has 2 unspecified atom stereocenters. The highest BCUT2D eigenvalue weighted by Crippen LogP contribution is 2.11. The minimum atomic E-state index is -0.0652. The van der Waals surface area contributed by atoms with E-state index in [1.807, 2.05) is 14.1 Å². The molecule has 1 heterocycles. The van der Waals surface area contributed by atoms with Crippen molar-refractivity contribution in [2.75, 3.05) is 40.8 Å². The number of rotatable bonds is 6. The Labute approximate surface area is 97.5 Å². The molecule has 0 saturated carbocycles. The van der Waals surface area contributed by atoms with Crippen molar-refractivity contribution in [1.29, 1.82) is 0 Å². The average molecular weight is 229 g/mol. The number of carbonyl (C=O) groups is 1. The number of ether oxygens (including phenoxy) is 1. The van der Waals surface area contributed by atoms with E-state index in [1.54, 1.807) is 12.0 Å². The molecule has 2 atom stereocenters. The molecule has 1 saturated heterocycles. The van der Waals surface area contributed by atoms with Crippen molar-refractivity contribution in [3.05, 3.63) is 0 Å². The van der Waals surface area contributed by atoms with E-state index in [-0.39, 0.29) is 18.1 Å². The van der Waals surface area contributed by atoms with Gasteiger partial charge in [0.05, 0.1) is 12.1 Å². The highest BCUT2D eigenvalue weighted by molar-refractivity contribution is 5.82. The highest BCUT2D eigenvalue weighted by Gasteiger charge is 2.30. The quantitative estimate of drug-likeness (QED) is 0.599. The first kappa shape index (κ1) is 13.4. The van der Waals surface area contributed by atoms with Gasteiger partial charge in [0, 0.05) is 27.2 Å². The second kappa shape index (κ2) is 6.83. The lowest BCUT2D eigenvalue weighted by Crippen LogP contribution is -2.42. The smallest absolute Gasteiger partial charge is 0.239 e. The molecule has 1 aliphatic rings. The van der Waals surface area contributed by atoms with E-state index in [0.717, 1.165) is 32.5 Å². The predicted octanol–water partition coefficient (Wildman–Crippen LogP) is -0.569. The Balaban J connectivity index is 2.28. The number of nitrogens with zero attached hydrogens (tertiary/aromatic N) is 1. The molecular formula is C11H23N3O2. The highest BCUT2D eigenvalue weighted by atomic mass is 16.5. The van der Waals surface area contributed by atoms with Crippen molar-refractivity contribution in [1.82, 2.24) is 15.5 Å². The second-order valence-electron chi connectivity index (χ2n) is 4.27. The molecule has 0 radical (unpaired) electrons. The first-order chi connectivity index (χ1) is 7.69. The Morgan fingerprint density at radius 1 is 1.62 bits per heavy atom. The molecule has 1 fully saturated rings. The Bertz CT molecular complexity index is 223. The van der Waals surface area contributed by atoms with Crippen LogP contribution < -0.4 is 10.6 Å². The van der Waals surface area contributed by atoms with Crippen molar-refractivity contribution in [2.45, 2.75) is 25.0 Å². The number of carbonyl (C=O) groups excluding carboxylic acids is 1. The van der Waals surface area contributed by atoms with Crippen LogP contribution in [0.3, 0.4) is 0 Å². The van der Waals surface area contributed by atoms with Gasteiger partial charge in [0.15, 0.2) is 0 Å². The van der Waals surface area contributed by atoms with Gasteiger partial charge in [-0.05, 0) is 26.4 Å². The number of likely N-dealkylation sites (N-methyl/N-ethyl adjacent to an activating group) is 1. The van der Waals surface area contributed by atoms with Crippen molar-refractivity contribution in [3.8, 4) is 0 Å². The summed E-state index contributed by atoms with van der Waals surface area (Å²) >= 11 is 0. The minimum absolute atomic E-state index is 0.0652.